The van der Waals surface area contributed by atoms with Gasteiger partial charge in [0.1, 0.15) is 11.9 Å². The summed E-state index contributed by atoms with van der Waals surface area (Å²) in [5, 5.41) is 17.4. The van der Waals surface area contributed by atoms with Gasteiger partial charge in [0, 0.05) is 31.4 Å². The largest absolute Gasteiger partial charge is 0.467 e. The van der Waals surface area contributed by atoms with Crippen LogP contribution in [0.25, 0.3) is 0 Å². The van der Waals surface area contributed by atoms with Crippen molar-refractivity contribution in [3.05, 3.63) is 42.1 Å². The molecule has 0 bridgehead atoms. The number of nitrogens with one attached hydrogen (secondary N) is 1. The van der Waals surface area contributed by atoms with E-state index in [-0.39, 0.29) is 6.04 Å². The fraction of sp³-hybridized carbons (Fsp3) is 0.462. The van der Waals surface area contributed by atoms with E-state index in [1.165, 1.54) is 0 Å². The Labute approximate surface area is 106 Å². The highest BCUT2D eigenvalue weighted by molar-refractivity contribution is 5.04. The molecule has 2 aromatic rings. The van der Waals surface area contributed by atoms with Crippen LogP contribution in [-0.4, -0.2) is 20.9 Å². The van der Waals surface area contributed by atoms with Crippen molar-refractivity contribution >= 4 is 0 Å². The molecule has 0 aliphatic carbocycles. The van der Waals surface area contributed by atoms with Crippen LogP contribution in [-0.2, 0) is 13.6 Å². The van der Waals surface area contributed by atoms with E-state index in [9.17, 15) is 5.11 Å². The van der Waals surface area contributed by atoms with Gasteiger partial charge in [-0.25, -0.2) is 0 Å². The van der Waals surface area contributed by atoms with Crippen LogP contribution in [0.2, 0.25) is 0 Å². The Morgan fingerprint density at radius 3 is 3.00 bits per heavy atom. The van der Waals surface area contributed by atoms with Gasteiger partial charge in [-0.15, -0.1) is 0 Å². The Hall–Kier alpha value is -1.59. The average Bonchev–Trinajstić information content (AvgIpc) is 2.97. The highest BCUT2D eigenvalue weighted by Gasteiger charge is 2.14. The van der Waals surface area contributed by atoms with E-state index in [1.807, 2.05) is 26.4 Å². The van der Waals surface area contributed by atoms with Gasteiger partial charge in [0.15, 0.2) is 0 Å². The standard InChI is InChI=1S/C13H19N3O2/c1-10(6-12(17)13-4-3-5-18-13)14-7-11-8-15-16(2)9-11/h3-5,8-10,12,14,17H,6-7H2,1-2H3/t10-,12+/m1/s1. The van der Waals surface area contributed by atoms with Crippen LogP contribution < -0.4 is 5.32 Å². The average molecular weight is 249 g/mol. The van der Waals surface area contributed by atoms with E-state index < -0.39 is 6.10 Å². The molecule has 0 amide bonds. The molecule has 18 heavy (non-hydrogen) atoms. The Balaban J connectivity index is 1.76. The van der Waals surface area contributed by atoms with E-state index >= 15 is 0 Å². The van der Waals surface area contributed by atoms with Crippen molar-refractivity contribution in [2.75, 3.05) is 0 Å². The first-order valence-corrected chi connectivity index (χ1v) is 6.07. The minimum atomic E-state index is -0.559. The third kappa shape index (κ3) is 3.45. The molecule has 0 radical (unpaired) electrons. The first kappa shape index (κ1) is 12.9. The number of hydrogen-bond acceptors (Lipinski definition) is 4. The zero-order valence-corrected chi connectivity index (χ0v) is 10.7. The van der Waals surface area contributed by atoms with Gasteiger partial charge >= 0.3 is 0 Å². The molecule has 0 unspecified atom stereocenters. The van der Waals surface area contributed by atoms with Crippen LogP contribution in [0, 0.1) is 0 Å². The highest BCUT2D eigenvalue weighted by atomic mass is 16.4. The minimum absolute atomic E-state index is 0.199. The van der Waals surface area contributed by atoms with Crippen LogP contribution in [0.15, 0.2) is 35.2 Å². The quantitative estimate of drug-likeness (QED) is 0.816. The van der Waals surface area contributed by atoms with E-state index in [0.29, 0.717) is 12.2 Å². The van der Waals surface area contributed by atoms with Crippen molar-refractivity contribution in [2.45, 2.75) is 32.0 Å². The summed E-state index contributed by atoms with van der Waals surface area (Å²) < 4.78 is 6.95. The summed E-state index contributed by atoms with van der Waals surface area (Å²) in [6.07, 6.45) is 5.45. The lowest BCUT2D eigenvalue weighted by atomic mass is 10.1. The van der Waals surface area contributed by atoms with Crippen molar-refractivity contribution in [2.24, 2.45) is 7.05 Å². The van der Waals surface area contributed by atoms with Gasteiger partial charge in [-0.2, -0.15) is 5.10 Å². The lowest BCUT2D eigenvalue weighted by Crippen LogP contribution is -2.27. The molecule has 0 fully saturated rings. The third-order valence-electron chi connectivity index (χ3n) is 2.86. The number of hydrogen-bond donors (Lipinski definition) is 2. The van der Waals surface area contributed by atoms with Gasteiger partial charge in [0.2, 0.25) is 0 Å². The molecule has 0 spiro atoms. The molecule has 0 aliphatic rings. The number of nitrogens with zero attached hydrogens (tertiary/aromatic N) is 2. The van der Waals surface area contributed by atoms with Crippen LogP contribution in [0.5, 0.6) is 0 Å². The Morgan fingerprint density at radius 1 is 1.56 bits per heavy atom. The van der Waals surface area contributed by atoms with E-state index in [2.05, 4.69) is 10.4 Å². The van der Waals surface area contributed by atoms with Crippen LogP contribution >= 0.6 is 0 Å². The fourth-order valence-electron chi connectivity index (χ4n) is 1.87. The molecule has 2 heterocycles. The van der Waals surface area contributed by atoms with E-state index in [1.54, 1.807) is 23.1 Å². The molecule has 5 nitrogen and oxygen atoms in total. The molecular weight excluding hydrogens is 230 g/mol. The maximum Gasteiger partial charge on any atom is 0.132 e. The number of aromatic nitrogens is 2. The maximum atomic E-state index is 9.93. The second-order valence-corrected chi connectivity index (χ2v) is 4.57. The third-order valence-corrected chi connectivity index (χ3v) is 2.86. The zero-order chi connectivity index (χ0) is 13.0. The van der Waals surface area contributed by atoms with E-state index in [4.69, 9.17) is 4.42 Å². The Bertz CT molecular complexity index is 464. The van der Waals surface area contributed by atoms with Crippen molar-refractivity contribution in [1.82, 2.24) is 15.1 Å². The molecule has 5 heteroatoms. The monoisotopic (exact) mass is 249 g/mol. The number of aryl methyl sites for hydroxylation is 1. The summed E-state index contributed by atoms with van der Waals surface area (Å²) >= 11 is 0. The van der Waals surface area contributed by atoms with Gasteiger partial charge in [0.05, 0.1) is 12.5 Å². The Morgan fingerprint density at radius 2 is 2.39 bits per heavy atom. The summed E-state index contributed by atoms with van der Waals surface area (Å²) in [5.74, 6) is 0.616. The van der Waals surface area contributed by atoms with Gasteiger partial charge < -0.3 is 14.8 Å². The summed E-state index contributed by atoms with van der Waals surface area (Å²) in [7, 11) is 1.90. The highest BCUT2D eigenvalue weighted by Crippen LogP contribution is 2.18. The number of furan rings is 1. The minimum Gasteiger partial charge on any atom is -0.467 e. The molecule has 2 atom stereocenters. The van der Waals surface area contributed by atoms with E-state index in [0.717, 1.165) is 12.1 Å². The molecule has 0 saturated heterocycles. The molecule has 0 aliphatic heterocycles. The SMILES string of the molecule is C[C@H](C[C@H](O)c1ccco1)NCc1cnn(C)c1. The number of aliphatic hydroxyl groups excluding tert-OH is 1. The molecule has 98 valence electrons. The Kier molecular flexibility index (Phi) is 4.17. The molecule has 0 saturated carbocycles. The number of rotatable bonds is 6. The first-order valence-electron chi connectivity index (χ1n) is 6.07. The van der Waals surface area contributed by atoms with Crippen LogP contribution in [0.4, 0.5) is 0 Å². The number of aliphatic hydroxyl groups is 1. The van der Waals surface area contributed by atoms with Gasteiger partial charge in [-0.05, 0) is 25.5 Å². The molecule has 2 rings (SSSR count). The topological polar surface area (TPSA) is 63.2 Å². The predicted molar refractivity (Wildman–Crippen MR) is 67.8 cm³/mol. The van der Waals surface area contributed by atoms with Crippen molar-refractivity contribution in [3.63, 3.8) is 0 Å². The summed E-state index contributed by atoms with van der Waals surface area (Å²) in [5.41, 5.74) is 1.14. The predicted octanol–water partition coefficient (Wildman–Crippen LogP) is 1.61. The summed E-state index contributed by atoms with van der Waals surface area (Å²) in [4.78, 5) is 0. The first-order chi connectivity index (χ1) is 8.65. The van der Waals surface area contributed by atoms with Crippen LogP contribution in [0.3, 0.4) is 0 Å². The van der Waals surface area contributed by atoms with Crippen molar-refractivity contribution < 1.29 is 9.52 Å². The van der Waals surface area contributed by atoms with Gasteiger partial charge in [0.25, 0.3) is 0 Å². The van der Waals surface area contributed by atoms with Gasteiger partial charge in [-0.3, -0.25) is 4.68 Å². The zero-order valence-electron chi connectivity index (χ0n) is 10.7. The smallest absolute Gasteiger partial charge is 0.132 e. The van der Waals surface area contributed by atoms with Crippen molar-refractivity contribution in [1.29, 1.82) is 0 Å². The molecular formula is C13H19N3O2. The molecule has 2 aromatic heterocycles. The van der Waals surface area contributed by atoms with Crippen LogP contribution in [0.1, 0.15) is 30.8 Å². The second kappa shape index (κ2) is 5.84. The lowest BCUT2D eigenvalue weighted by Gasteiger charge is -2.16. The molecule has 2 N–H and O–H groups in total. The maximum absolute atomic E-state index is 9.93. The summed E-state index contributed by atoms with van der Waals surface area (Å²) in [6.45, 7) is 2.79. The fourth-order valence-corrected chi connectivity index (χ4v) is 1.87. The van der Waals surface area contributed by atoms with Crippen molar-refractivity contribution in [3.8, 4) is 0 Å². The lowest BCUT2D eigenvalue weighted by molar-refractivity contribution is 0.128. The second-order valence-electron chi connectivity index (χ2n) is 4.57. The molecule has 0 aromatic carbocycles. The van der Waals surface area contributed by atoms with Gasteiger partial charge in [-0.1, -0.05) is 0 Å². The summed E-state index contributed by atoms with van der Waals surface area (Å²) in [6, 6.07) is 3.77. The normalized spacial score (nSPS) is 14.6.